The van der Waals surface area contributed by atoms with E-state index in [-0.39, 0.29) is 12.6 Å². The fourth-order valence-corrected chi connectivity index (χ4v) is 1.25. The number of ether oxygens (including phenoxy) is 1. The van der Waals surface area contributed by atoms with Crippen molar-refractivity contribution in [1.29, 1.82) is 0 Å². The van der Waals surface area contributed by atoms with Crippen LogP contribution in [-0.2, 0) is 22.6 Å². The van der Waals surface area contributed by atoms with E-state index < -0.39 is 0 Å². The lowest BCUT2D eigenvalue weighted by Crippen LogP contribution is -2.05. The van der Waals surface area contributed by atoms with E-state index in [1.165, 1.54) is 0 Å². The molecular formula is C11H15NO3. The third kappa shape index (κ3) is 4.08. The van der Waals surface area contributed by atoms with E-state index in [0.717, 1.165) is 5.56 Å². The minimum atomic E-state index is -0.195. The number of aliphatic hydroxyl groups is 1. The lowest BCUT2D eigenvalue weighted by atomic mass is 10.1. The number of rotatable bonds is 5. The van der Waals surface area contributed by atoms with Gasteiger partial charge >= 0.3 is 5.97 Å². The van der Waals surface area contributed by atoms with Crippen molar-refractivity contribution in [1.82, 2.24) is 4.98 Å². The first kappa shape index (κ1) is 11.7. The number of carbonyl (C=O) groups is 1. The van der Waals surface area contributed by atoms with Crippen molar-refractivity contribution >= 4 is 5.97 Å². The molecule has 15 heavy (non-hydrogen) atoms. The van der Waals surface area contributed by atoms with Crippen LogP contribution in [0, 0.1) is 0 Å². The second-order valence-corrected chi connectivity index (χ2v) is 3.12. The lowest BCUT2D eigenvalue weighted by molar-refractivity contribution is -0.143. The molecule has 0 spiro atoms. The minimum absolute atomic E-state index is 0.0761. The molecule has 0 saturated heterocycles. The quantitative estimate of drug-likeness (QED) is 0.737. The molecule has 0 amide bonds. The van der Waals surface area contributed by atoms with E-state index in [9.17, 15) is 4.79 Å². The second kappa shape index (κ2) is 6.14. The number of aromatic nitrogens is 1. The highest BCUT2D eigenvalue weighted by Crippen LogP contribution is 2.05. The molecule has 0 aliphatic heterocycles. The summed E-state index contributed by atoms with van der Waals surface area (Å²) in [4.78, 5) is 15.0. The minimum Gasteiger partial charge on any atom is -0.466 e. The van der Waals surface area contributed by atoms with E-state index in [4.69, 9.17) is 9.84 Å². The summed E-state index contributed by atoms with van der Waals surface area (Å²) < 4.78 is 4.82. The maximum absolute atomic E-state index is 11.1. The summed E-state index contributed by atoms with van der Waals surface area (Å²) in [6, 6.07) is 3.62. The van der Waals surface area contributed by atoms with Gasteiger partial charge in [-0.15, -0.1) is 0 Å². The Kier molecular flexibility index (Phi) is 4.77. The van der Waals surface area contributed by atoms with Gasteiger partial charge in [-0.1, -0.05) is 0 Å². The van der Waals surface area contributed by atoms with Gasteiger partial charge in [0.1, 0.15) is 0 Å². The molecule has 1 rings (SSSR count). The van der Waals surface area contributed by atoms with E-state index in [1.807, 2.05) is 6.07 Å². The van der Waals surface area contributed by atoms with Crippen molar-refractivity contribution in [3.8, 4) is 0 Å². The zero-order valence-corrected chi connectivity index (χ0v) is 8.77. The summed E-state index contributed by atoms with van der Waals surface area (Å²) >= 11 is 0. The lowest BCUT2D eigenvalue weighted by Gasteiger charge is -2.03. The summed E-state index contributed by atoms with van der Waals surface area (Å²) in [7, 11) is 0. The molecule has 1 aromatic rings. The van der Waals surface area contributed by atoms with Gasteiger partial charge in [0.25, 0.3) is 0 Å². The molecule has 1 N–H and O–H groups in total. The Morgan fingerprint density at radius 1 is 1.60 bits per heavy atom. The number of carbonyl (C=O) groups excluding carboxylic acids is 1. The van der Waals surface area contributed by atoms with E-state index in [2.05, 4.69) is 4.98 Å². The molecule has 0 aromatic carbocycles. The monoisotopic (exact) mass is 209 g/mol. The molecular weight excluding hydrogens is 194 g/mol. The summed E-state index contributed by atoms with van der Waals surface area (Å²) in [5, 5.41) is 8.87. The number of esters is 1. The smallest absolute Gasteiger partial charge is 0.306 e. The van der Waals surface area contributed by atoms with Gasteiger partial charge in [0.15, 0.2) is 0 Å². The Balaban J connectivity index is 2.46. The number of nitrogens with zero attached hydrogens (tertiary/aromatic N) is 1. The molecule has 0 aliphatic rings. The van der Waals surface area contributed by atoms with E-state index in [1.54, 1.807) is 19.2 Å². The maximum Gasteiger partial charge on any atom is 0.306 e. The molecule has 0 bridgehead atoms. The number of aliphatic hydroxyl groups excluding tert-OH is 1. The van der Waals surface area contributed by atoms with E-state index >= 15 is 0 Å². The molecule has 82 valence electrons. The van der Waals surface area contributed by atoms with Crippen molar-refractivity contribution in [3.63, 3.8) is 0 Å². The SMILES string of the molecule is CCOC(=O)CCc1ccnc(CO)c1. The summed E-state index contributed by atoms with van der Waals surface area (Å²) in [5.74, 6) is -0.195. The first-order valence-corrected chi connectivity index (χ1v) is 4.96. The van der Waals surface area contributed by atoms with Crippen LogP contribution in [0.3, 0.4) is 0 Å². The molecule has 1 aromatic heterocycles. The zero-order chi connectivity index (χ0) is 11.1. The van der Waals surface area contributed by atoms with Gasteiger partial charge in [0.2, 0.25) is 0 Å². The summed E-state index contributed by atoms with van der Waals surface area (Å²) in [6.45, 7) is 2.12. The van der Waals surface area contributed by atoms with Crippen LogP contribution in [0.25, 0.3) is 0 Å². The zero-order valence-electron chi connectivity index (χ0n) is 8.77. The third-order valence-corrected chi connectivity index (χ3v) is 1.97. The van der Waals surface area contributed by atoms with Crippen molar-refractivity contribution in [2.45, 2.75) is 26.4 Å². The molecule has 0 aliphatic carbocycles. The first-order valence-electron chi connectivity index (χ1n) is 4.96. The topological polar surface area (TPSA) is 59.4 Å². The van der Waals surface area contributed by atoms with Gasteiger partial charge in [-0.25, -0.2) is 0 Å². The maximum atomic E-state index is 11.1. The van der Waals surface area contributed by atoms with Crippen molar-refractivity contribution < 1.29 is 14.6 Å². The molecule has 4 nitrogen and oxygen atoms in total. The first-order chi connectivity index (χ1) is 7.26. The van der Waals surface area contributed by atoms with Crippen molar-refractivity contribution in [2.75, 3.05) is 6.61 Å². The number of aryl methyl sites for hydroxylation is 1. The Labute approximate surface area is 88.9 Å². The van der Waals surface area contributed by atoms with Crippen LogP contribution in [-0.4, -0.2) is 22.7 Å². The highest BCUT2D eigenvalue weighted by molar-refractivity contribution is 5.69. The van der Waals surface area contributed by atoms with Gasteiger partial charge < -0.3 is 9.84 Å². The van der Waals surface area contributed by atoms with Gasteiger partial charge in [0, 0.05) is 12.6 Å². The Morgan fingerprint density at radius 3 is 3.07 bits per heavy atom. The van der Waals surface area contributed by atoms with Crippen LogP contribution >= 0.6 is 0 Å². The Morgan fingerprint density at radius 2 is 2.40 bits per heavy atom. The highest BCUT2D eigenvalue weighted by atomic mass is 16.5. The molecule has 1 heterocycles. The average Bonchev–Trinajstić information content (AvgIpc) is 2.27. The van der Waals surface area contributed by atoms with Crippen LogP contribution in [0.4, 0.5) is 0 Å². The fourth-order valence-electron chi connectivity index (χ4n) is 1.25. The van der Waals surface area contributed by atoms with Crippen LogP contribution < -0.4 is 0 Å². The normalized spacial score (nSPS) is 10.0. The molecule has 4 heteroatoms. The third-order valence-electron chi connectivity index (χ3n) is 1.97. The van der Waals surface area contributed by atoms with Gasteiger partial charge in [-0.3, -0.25) is 9.78 Å². The highest BCUT2D eigenvalue weighted by Gasteiger charge is 2.03. The van der Waals surface area contributed by atoms with Crippen LogP contribution in [0.15, 0.2) is 18.3 Å². The number of pyridine rings is 1. The summed E-state index contributed by atoms with van der Waals surface area (Å²) in [5.41, 5.74) is 1.61. The molecule has 0 radical (unpaired) electrons. The Hall–Kier alpha value is -1.42. The summed E-state index contributed by atoms with van der Waals surface area (Å²) in [6.07, 6.45) is 2.61. The second-order valence-electron chi connectivity index (χ2n) is 3.12. The molecule has 0 unspecified atom stereocenters. The largest absolute Gasteiger partial charge is 0.466 e. The molecule has 0 saturated carbocycles. The predicted octanol–water partition coefficient (Wildman–Crippen LogP) is 1.07. The predicted molar refractivity (Wildman–Crippen MR) is 55.1 cm³/mol. The average molecular weight is 209 g/mol. The fraction of sp³-hybridized carbons (Fsp3) is 0.455. The number of hydrogen-bond acceptors (Lipinski definition) is 4. The van der Waals surface area contributed by atoms with Gasteiger partial charge in [-0.05, 0) is 31.0 Å². The van der Waals surface area contributed by atoms with E-state index in [0.29, 0.717) is 25.1 Å². The standard InChI is InChI=1S/C11H15NO3/c1-2-15-11(14)4-3-9-5-6-12-10(7-9)8-13/h5-7,13H,2-4,8H2,1H3. The van der Waals surface area contributed by atoms with Crippen molar-refractivity contribution in [2.24, 2.45) is 0 Å². The number of hydrogen-bond donors (Lipinski definition) is 1. The Bertz CT molecular complexity index is 325. The van der Waals surface area contributed by atoms with Gasteiger partial charge in [-0.2, -0.15) is 0 Å². The molecule has 0 fully saturated rings. The van der Waals surface area contributed by atoms with Crippen LogP contribution in [0.2, 0.25) is 0 Å². The van der Waals surface area contributed by atoms with Crippen LogP contribution in [0.5, 0.6) is 0 Å². The van der Waals surface area contributed by atoms with Gasteiger partial charge in [0.05, 0.1) is 18.9 Å². The molecule has 0 atom stereocenters. The van der Waals surface area contributed by atoms with Crippen molar-refractivity contribution in [3.05, 3.63) is 29.6 Å². The van der Waals surface area contributed by atoms with Crippen LogP contribution in [0.1, 0.15) is 24.6 Å².